The minimum absolute atomic E-state index is 0.148. The maximum absolute atomic E-state index is 13.0. The van der Waals surface area contributed by atoms with E-state index in [2.05, 4.69) is 4.72 Å². The summed E-state index contributed by atoms with van der Waals surface area (Å²) in [5.74, 6) is -0.127. The van der Waals surface area contributed by atoms with Crippen molar-refractivity contribution in [2.75, 3.05) is 20.5 Å². The van der Waals surface area contributed by atoms with Gasteiger partial charge in [0.1, 0.15) is 5.75 Å². The predicted molar refractivity (Wildman–Crippen MR) is 114 cm³/mol. The first-order valence-corrected chi connectivity index (χ1v) is 11.6. The van der Waals surface area contributed by atoms with E-state index in [0.717, 1.165) is 17.4 Å². The summed E-state index contributed by atoms with van der Waals surface area (Å²) in [5, 5.41) is 0. The molecule has 0 saturated carbocycles. The number of carbonyl (C=O) groups is 2. The number of fused-ring (bicyclic) bond motifs is 7. The lowest BCUT2D eigenvalue weighted by Gasteiger charge is -2.21. The molecule has 0 unspecified atom stereocenters. The van der Waals surface area contributed by atoms with Crippen molar-refractivity contribution in [1.82, 2.24) is 4.72 Å². The first-order chi connectivity index (χ1) is 14.7. The Morgan fingerprint density at radius 3 is 2.32 bits per heavy atom. The van der Waals surface area contributed by atoms with Gasteiger partial charge in [-0.1, -0.05) is 18.2 Å². The summed E-state index contributed by atoms with van der Waals surface area (Å²) in [5.41, 5.74) is 1.49. The lowest BCUT2D eigenvalue weighted by molar-refractivity contribution is -0.147. The number of esters is 1. The van der Waals surface area contributed by atoms with E-state index in [0.29, 0.717) is 17.2 Å². The van der Waals surface area contributed by atoms with E-state index in [1.54, 1.807) is 42.5 Å². The third-order valence-electron chi connectivity index (χ3n) is 5.03. The van der Waals surface area contributed by atoms with Crippen LogP contribution in [-0.2, 0) is 37.2 Å². The fourth-order valence-electron chi connectivity index (χ4n) is 3.54. The Morgan fingerprint density at radius 2 is 1.71 bits per heavy atom. The second kappa shape index (κ2) is 9.49. The van der Waals surface area contributed by atoms with Crippen molar-refractivity contribution in [3.63, 3.8) is 0 Å². The molecular weight excluding hydrogens is 422 g/mol. The Labute approximate surface area is 181 Å². The smallest absolute Gasteiger partial charge is 0.309 e. The summed E-state index contributed by atoms with van der Waals surface area (Å²) >= 11 is 0. The predicted octanol–water partition coefficient (Wildman–Crippen LogP) is 2.25. The molecule has 166 valence electrons. The molecule has 0 amide bonds. The number of Topliss-reactive ketones (excluding diaryl/α,β-unsaturated/α-hetero) is 1. The Kier molecular flexibility index (Phi) is 6.97. The van der Waals surface area contributed by atoms with E-state index < -0.39 is 28.0 Å². The molecule has 0 aromatic heterocycles. The number of nitrogens with one attached hydrogen (secondary N) is 1. The van der Waals surface area contributed by atoms with Crippen LogP contribution < -0.4 is 14.2 Å². The topological polar surface area (TPSA) is 108 Å². The van der Waals surface area contributed by atoms with Crippen molar-refractivity contribution in [3.8, 4) is 17.2 Å². The fourth-order valence-corrected chi connectivity index (χ4v) is 4.27. The molecule has 31 heavy (non-hydrogen) atoms. The minimum atomic E-state index is -3.64. The van der Waals surface area contributed by atoms with Gasteiger partial charge in [0, 0.05) is 6.42 Å². The summed E-state index contributed by atoms with van der Waals surface area (Å²) in [6.45, 7) is 0. The largest absolute Gasteiger partial charge is 0.493 e. The zero-order valence-corrected chi connectivity index (χ0v) is 18.4. The molecule has 0 saturated heterocycles. The molecule has 2 heterocycles. The standard InChI is InChI=1S/C22H25NO7S/c1-28-20-9-6-15-10-16(22(25)29-2)13-19(24)18(23-31(3,26)27)11-14-4-7-17(8-5-14)30-21(20)12-15/h4-9,12,16,18,23H,10-11,13H2,1-3H3/t16-,18+/m1/s1. The molecule has 4 bridgehead atoms. The molecule has 2 aromatic carbocycles. The number of methoxy groups -OCH3 is 2. The van der Waals surface area contributed by atoms with Crippen LogP contribution in [0.2, 0.25) is 0 Å². The van der Waals surface area contributed by atoms with Gasteiger partial charge in [-0.3, -0.25) is 9.59 Å². The van der Waals surface area contributed by atoms with Crippen LogP contribution in [0, 0.1) is 5.92 Å². The highest BCUT2D eigenvalue weighted by Crippen LogP contribution is 2.34. The zero-order chi connectivity index (χ0) is 22.6. The van der Waals surface area contributed by atoms with Crippen LogP contribution in [0.4, 0.5) is 0 Å². The van der Waals surface area contributed by atoms with Crippen LogP contribution in [0.5, 0.6) is 17.2 Å². The van der Waals surface area contributed by atoms with Gasteiger partial charge < -0.3 is 14.2 Å². The molecule has 2 aliphatic heterocycles. The van der Waals surface area contributed by atoms with Gasteiger partial charge in [0.15, 0.2) is 17.3 Å². The molecule has 8 nitrogen and oxygen atoms in total. The Morgan fingerprint density at radius 1 is 1.03 bits per heavy atom. The maximum atomic E-state index is 13.0. The molecule has 2 aromatic rings. The van der Waals surface area contributed by atoms with Crippen molar-refractivity contribution in [3.05, 3.63) is 53.6 Å². The van der Waals surface area contributed by atoms with E-state index in [1.165, 1.54) is 14.2 Å². The zero-order valence-electron chi connectivity index (χ0n) is 17.6. The normalized spacial score (nSPS) is 19.3. The van der Waals surface area contributed by atoms with Gasteiger partial charge >= 0.3 is 5.97 Å². The molecule has 9 heteroatoms. The molecule has 2 aliphatic rings. The Balaban J connectivity index is 2.05. The number of sulfonamides is 1. The number of ether oxygens (including phenoxy) is 3. The molecule has 0 fully saturated rings. The number of hydrogen-bond donors (Lipinski definition) is 1. The van der Waals surface area contributed by atoms with Gasteiger partial charge in [-0.2, -0.15) is 0 Å². The number of carbonyl (C=O) groups excluding carboxylic acids is 2. The van der Waals surface area contributed by atoms with Crippen molar-refractivity contribution < 1.29 is 32.2 Å². The highest BCUT2D eigenvalue weighted by molar-refractivity contribution is 7.88. The van der Waals surface area contributed by atoms with Gasteiger partial charge in [0.2, 0.25) is 10.0 Å². The third kappa shape index (κ3) is 6.05. The second-order valence-electron chi connectivity index (χ2n) is 7.47. The summed E-state index contributed by atoms with van der Waals surface area (Å²) < 4.78 is 42.3. The first-order valence-electron chi connectivity index (χ1n) is 9.70. The highest BCUT2D eigenvalue weighted by Gasteiger charge is 2.30. The average molecular weight is 448 g/mol. The minimum Gasteiger partial charge on any atom is -0.493 e. The molecular formula is C22H25NO7S. The van der Waals surface area contributed by atoms with Crippen molar-refractivity contribution >= 4 is 21.8 Å². The van der Waals surface area contributed by atoms with Crippen molar-refractivity contribution in [2.24, 2.45) is 5.92 Å². The molecule has 4 rings (SSSR count). The van der Waals surface area contributed by atoms with Crippen LogP contribution in [0.1, 0.15) is 17.5 Å². The quantitative estimate of drug-likeness (QED) is 0.716. The summed E-state index contributed by atoms with van der Waals surface area (Å²) in [4.78, 5) is 25.4. The lowest BCUT2D eigenvalue weighted by Crippen LogP contribution is -2.43. The van der Waals surface area contributed by atoms with E-state index in [4.69, 9.17) is 14.2 Å². The second-order valence-corrected chi connectivity index (χ2v) is 9.25. The molecule has 0 aliphatic carbocycles. The number of ketones is 1. The molecule has 0 radical (unpaired) electrons. The van der Waals surface area contributed by atoms with Gasteiger partial charge in [-0.05, 0) is 48.2 Å². The Bertz CT molecular complexity index is 1060. The van der Waals surface area contributed by atoms with Crippen LogP contribution >= 0.6 is 0 Å². The third-order valence-corrected chi connectivity index (χ3v) is 5.74. The first kappa shape index (κ1) is 22.8. The van der Waals surface area contributed by atoms with Crippen LogP contribution in [0.25, 0.3) is 0 Å². The average Bonchev–Trinajstić information content (AvgIpc) is 2.72. The van der Waals surface area contributed by atoms with Crippen molar-refractivity contribution in [2.45, 2.75) is 25.3 Å². The van der Waals surface area contributed by atoms with Gasteiger partial charge in [0.05, 0.1) is 32.4 Å². The van der Waals surface area contributed by atoms with Gasteiger partial charge in [0.25, 0.3) is 0 Å². The number of benzene rings is 2. The van der Waals surface area contributed by atoms with E-state index in [-0.39, 0.29) is 25.0 Å². The number of hydrogen-bond acceptors (Lipinski definition) is 7. The van der Waals surface area contributed by atoms with Crippen molar-refractivity contribution in [1.29, 1.82) is 0 Å². The monoisotopic (exact) mass is 447 g/mol. The van der Waals surface area contributed by atoms with Crippen LogP contribution in [-0.4, -0.2) is 46.7 Å². The van der Waals surface area contributed by atoms with E-state index in [1.807, 2.05) is 0 Å². The molecule has 2 atom stereocenters. The lowest BCUT2D eigenvalue weighted by atomic mass is 9.90. The van der Waals surface area contributed by atoms with Crippen LogP contribution in [0.15, 0.2) is 42.5 Å². The molecule has 0 spiro atoms. The van der Waals surface area contributed by atoms with E-state index >= 15 is 0 Å². The highest BCUT2D eigenvalue weighted by atomic mass is 32.2. The fraction of sp³-hybridized carbons (Fsp3) is 0.364. The van der Waals surface area contributed by atoms with Gasteiger partial charge in [-0.15, -0.1) is 0 Å². The summed E-state index contributed by atoms with van der Waals surface area (Å²) in [7, 11) is -0.847. The number of rotatable bonds is 4. The van der Waals surface area contributed by atoms with Crippen LogP contribution in [0.3, 0.4) is 0 Å². The van der Waals surface area contributed by atoms with E-state index in [9.17, 15) is 18.0 Å². The van der Waals surface area contributed by atoms with Gasteiger partial charge in [-0.25, -0.2) is 13.1 Å². The SMILES string of the molecule is COC(=O)[C@H]1CC(=O)[C@@H](NS(C)(=O)=O)Cc2ccc(cc2)Oc2cc(ccc2OC)C1. The Hall–Kier alpha value is -2.91. The maximum Gasteiger partial charge on any atom is 0.309 e. The molecule has 1 N–H and O–H groups in total. The summed E-state index contributed by atoms with van der Waals surface area (Å²) in [6.07, 6.45) is 1.20. The summed E-state index contributed by atoms with van der Waals surface area (Å²) in [6, 6.07) is 11.3.